The largest absolute Gasteiger partial charge is 0.446 e. The molecular weight excluding hydrogens is 303 g/mol. The minimum atomic E-state index is 0.0937. The molecule has 0 aliphatic heterocycles. The molecule has 100 valence electrons. The van der Waals surface area contributed by atoms with Crippen LogP contribution in [0.15, 0.2) is 39.3 Å². The summed E-state index contributed by atoms with van der Waals surface area (Å²) in [7, 11) is 0. The standard InChI is InChI=1S/C13H6Cl2N2O3/c14-8-3-1-7(2-4-8)12-16-13(20-17-12)11-10(15)5-9(6-18)19-11/h1-6H. The summed E-state index contributed by atoms with van der Waals surface area (Å²) in [6.07, 6.45) is 0.547. The molecule has 0 amide bonds. The molecule has 0 radical (unpaired) electrons. The van der Waals surface area contributed by atoms with E-state index in [9.17, 15) is 4.79 Å². The van der Waals surface area contributed by atoms with E-state index in [1.807, 2.05) is 0 Å². The Morgan fingerprint density at radius 2 is 1.90 bits per heavy atom. The first-order valence-electron chi connectivity index (χ1n) is 5.52. The lowest BCUT2D eigenvalue weighted by molar-refractivity contribution is 0.110. The number of hydrogen-bond acceptors (Lipinski definition) is 5. The lowest BCUT2D eigenvalue weighted by atomic mass is 10.2. The molecule has 0 atom stereocenters. The maximum absolute atomic E-state index is 10.6. The van der Waals surface area contributed by atoms with Crippen LogP contribution in [-0.4, -0.2) is 16.4 Å². The predicted octanol–water partition coefficient (Wildman–Crippen LogP) is 4.12. The zero-order valence-corrected chi connectivity index (χ0v) is 11.4. The van der Waals surface area contributed by atoms with Gasteiger partial charge in [0.2, 0.25) is 11.6 Å². The smallest absolute Gasteiger partial charge is 0.295 e. The molecule has 3 rings (SSSR count). The normalized spacial score (nSPS) is 10.7. The van der Waals surface area contributed by atoms with Crippen molar-refractivity contribution in [3.05, 3.63) is 46.1 Å². The molecule has 0 unspecified atom stereocenters. The average molecular weight is 309 g/mol. The molecule has 7 heteroatoms. The van der Waals surface area contributed by atoms with E-state index in [1.165, 1.54) is 6.07 Å². The first kappa shape index (κ1) is 12.9. The first-order valence-corrected chi connectivity index (χ1v) is 6.27. The van der Waals surface area contributed by atoms with E-state index in [2.05, 4.69) is 10.1 Å². The number of aromatic nitrogens is 2. The van der Waals surface area contributed by atoms with E-state index in [4.69, 9.17) is 32.1 Å². The van der Waals surface area contributed by atoms with Crippen LogP contribution in [0.3, 0.4) is 0 Å². The molecule has 0 bridgehead atoms. The number of furan rings is 1. The molecule has 5 nitrogen and oxygen atoms in total. The molecule has 0 saturated heterocycles. The third kappa shape index (κ3) is 2.33. The highest BCUT2D eigenvalue weighted by Gasteiger charge is 2.18. The molecule has 0 saturated carbocycles. The molecule has 0 N–H and O–H groups in total. The van der Waals surface area contributed by atoms with Crippen LogP contribution >= 0.6 is 23.2 Å². The van der Waals surface area contributed by atoms with Crippen LogP contribution in [0.25, 0.3) is 23.0 Å². The third-order valence-electron chi connectivity index (χ3n) is 2.54. The van der Waals surface area contributed by atoms with Crippen molar-refractivity contribution in [2.45, 2.75) is 0 Å². The van der Waals surface area contributed by atoms with Gasteiger partial charge in [0.25, 0.3) is 5.89 Å². The number of nitrogens with zero attached hydrogens (tertiary/aromatic N) is 2. The Hall–Kier alpha value is -2.11. The van der Waals surface area contributed by atoms with Crippen LogP contribution < -0.4 is 0 Å². The summed E-state index contributed by atoms with van der Waals surface area (Å²) >= 11 is 11.7. The van der Waals surface area contributed by atoms with Crippen LogP contribution in [0.1, 0.15) is 10.6 Å². The SMILES string of the molecule is O=Cc1cc(Cl)c(-c2nc(-c3ccc(Cl)cc3)no2)o1. The molecule has 1 aromatic carbocycles. The number of carbonyl (C=O) groups excluding carboxylic acids is 1. The van der Waals surface area contributed by atoms with Gasteiger partial charge in [0.15, 0.2) is 12.0 Å². The average Bonchev–Trinajstić information content (AvgIpc) is 3.06. The van der Waals surface area contributed by atoms with Gasteiger partial charge in [-0.25, -0.2) is 0 Å². The van der Waals surface area contributed by atoms with Crippen molar-refractivity contribution >= 4 is 29.5 Å². The van der Waals surface area contributed by atoms with Gasteiger partial charge < -0.3 is 8.94 Å². The summed E-state index contributed by atoms with van der Waals surface area (Å²) in [6, 6.07) is 8.35. The molecule has 3 aromatic rings. The predicted molar refractivity (Wildman–Crippen MR) is 72.8 cm³/mol. The molecule has 20 heavy (non-hydrogen) atoms. The molecule has 0 spiro atoms. The van der Waals surface area contributed by atoms with E-state index >= 15 is 0 Å². The number of halogens is 2. The number of rotatable bonds is 3. The summed E-state index contributed by atoms with van der Waals surface area (Å²) in [5, 5.41) is 4.68. The van der Waals surface area contributed by atoms with E-state index in [0.717, 1.165) is 5.56 Å². The Bertz CT molecular complexity index is 762. The Labute approximate surface area is 123 Å². The summed E-state index contributed by atoms with van der Waals surface area (Å²) < 4.78 is 10.3. The van der Waals surface area contributed by atoms with Crippen LogP contribution in [0.2, 0.25) is 10.0 Å². The Morgan fingerprint density at radius 1 is 1.15 bits per heavy atom. The molecule has 2 aromatic heterocycles. The van der Waals surface area contributed by atoms with Gasteiger partial charge in [-0.2, -0.15) is 4.98 Å². The summed E-state index contributed by atoms with van der Waals surface area (Å²) in [4.78, 5) is 14.8. The lowest BCUT2D eigenvalue weighted by Gasteiger charge is -1.93. The van der Waals surface area contributed by atoms with E-state index in [-0.39, 0.29) is 22.4 Å². The van der Waals surface area contributed by atoms with Gasteiger partial charge in [-0.3, -0.25) is 4.79 Å². The zero-order valence-electron chi connectivity index (χ0n) is 9.84. The van der Waals surface area contributed by atoms with Crippen LogP contribution in [-0.2, 0) is 0 Å². The van der Waals surface area contributed by atoms with Crippen molar-refractivity contribution in [3.8, 4) is 23.0 Å². The van der Waals surface area contributed by atoms with Gasteiger partial charge >= 0.3 is 0 Å². The topological polar surface area (TPSA) is 69.1 Å². The maximum atomic E-state index is 10.6. The van der Waals surface area contributed by atoms with E-state index in [1.54, 1.807) is 24.3 Å². The quantitative estimate of drug-likeness (QED) is 0.681. The summed E-state index contributed by atoms with van der Waals surface area (Å²) in [6.45, 7) is 0. The second-order valence-electron chi connectivity index (χ2n) is 3.87. The van der Waals surface area contributed by atoms with Crippen molar-refractivity contribution in [1.82, 2.24) is 10.1 Å². The zero-order chi connectivity index (χ0) is 14.1. The van der Waals surface area contributed by atoms with E-state index in [0.29, 0.717) is 17.1 Å². The van der Waals surface area contributed by atoms with Crippen LogP contribution in [0.5, 0.6) is 0 Å². The number of hydrogen-bond donors (Lipinski definition) is 0. The van der Waals surface area contributed by atoms with Gasteiger partial charge in [0.05, 0.1) is 5.02 Å². The molecule has 0 fully saturated rings. The van der Waals surface area contributed by atoms with Crippen molar-refractivity contribution < 1.29 is 13.7 Å². The Kier molecular flexibility index (Phi) is 3.30. The van der Waals surface area contributed by atoms with Gasteiger partial charge in [-0.05, 0) is 24.3 Å². The van der Waals surface area contributed by atoms with Crippen LogP contribution in [0.4, 0.5) is 0 Å². The fraction of sp³-hybridized carbons (Fsp3) is 0. The fourth-order valence-electron chi connectivity index (χ4n) is 1.62. The molecular formula is C13H6Cl2N2O3. The number of aldehydes is 1. The summed E-state index contributed by atoms with van der Waals surface area (Å²) in [5.74, 6) is 0.738. The summed E-state index contributed by atoms with van der Waals surface area (Å²) in [5.41, 5.74) is 0.739. The third-order valence-corrected chi connectivity index (χ3v) is 3.08. The Morgan fingerprint density at radius 3 is 2.55 bits per heavy atom. The molecule has 2 heterocycles. The molecule has 0 aliphatic carbocycles. The van der Waals surface area contributed by atoms with Crippen molar-refractivity contribution in [2.24, 2.45) is 0 Å². The van der Waals surface area contributed by atoms with E-state index < -0.39 is 0 Å². The second kappa shape index (κ2) is 5.11. The van der Waals surface area contributed by atoms with Gasteiger partial charge in [-0.1, -0.05) is 28.4 Å². The minimum Gasteiger partial charge on any atom is -0.446 e. The van der Waals surface area contributed by atoms with Gasteiger partial charge in [0, 0.05) is 16.7 Å². The highest BCUT2D eigenvalue weighted by Crippen LogP contribution is 2.31. The highest BCUT2D eigenvalue weighted by atomic mass is 35.5. The monoisotopic (exact) mass is 308 g/mol. The Balaban J connectivity index is 1.99. The maximum Gasteiger partial charge on any atom is 0.295 e. The van der Waals surface area contributed by atoms with Gasteiger partial charge in [-0.15, -0.1) is 0 Å². The highest BCUT2D eigenvalue weighted by molar-refractivity contribution is 6.33. The number of benzene rings is 1. The molecule has 0 aliphatic rings. The lowest BCUT2D eigenvalue weighted by Crippen LogP contribution is -1.80. The fourth-order valence-corrected chi connectivity index (χ4v) is 1.98. The van der Waals surface area contributed by atoms with Crippen molar-refractivity contribution in [1.29, 1.82) is 0 Å². The van der Waals surface area contributed by atoms with Gasteiger partial charge in [0.1, 0.15) is 0 Å². The van der Waals surface area contributed by atoms with Crippen molar-refractivity contribution in [3.63, 3.8) is 0 Å². The first-order chi connectivity index (χ1) is 9.67. The number of carbonyl (C=O) groups is 1. The second-order valence-corrected chi connectivity index (χ2v) is 4.72. The van der Waals surface area contributed by atoms with Crippen molar-refractivity contribution in [2.75, 3.05) is 0 Å². The van der Waals surface area contributed by atoms with Crippen LogP contribution in [0, 0.1) is 0 Å². The minimum absolute atomic E-state index is 0.0937.